The highest BCUT2D eigenvalue weighted by molar-refractivity contribution is 6.32. The first-order chi connectivity index (χ1) is 8.83. The zero-order valence-electron chi connectivity index (χ0n) is 11.5. The molecule has 0 spiro atoms. The Hall–Kier alpha value is -1.22. The number of hydrogen-bond acceptors (Lipinski definition) is 3. The van der Waals surface area contributed by atoms with Crippen LogP contribution >= 0.6 is 11.6 Å². The highest BCUT2D eigenvalue weighted by Gasteiger charge is 2.24. The summed E-state index contributed by atoms with van der Waals surface area (Å²) in [5.74, 6) is 0.441. The molecule has 19 heavy (non-hydrogen) atoms. The summed E-state index contributed by atoms with van der Waals surface area (Å²) >= 11 is 6.14. The summed E-state index contributed by atoms with van der Waals surface area (Å²) in [6.45, 7) is 5.55. The van der Waals surface area contributed by atoms with Gasteiger partial charge in [-0.3, -0.25) is 4.79 Å². The van der Waals surface area contributed by atoms with Crippen LogP contribution in [0.1, 0.15) is 39.2 Å². The second kappa shape index (κ2) is 5.41. The lowest BCUT2D eigenvalue weighted by Gasteiger charge is -2.19. The first-order valence-electron chi connectivity index (χ1n) is 6.50. The van der Waals surface area contributed by atoms with Crippen LogP contribution in [-0.4, -0.2) is 17.7 Å². The molecule has 1 aliphatic rings. The maximum atomic E-state index is 11.7. The Labute approximate surface area is 118 Å². The minimum absolute atomic E-state index is 0.223. The molecule has 2 rings (SSSR count). The molecule has 3 nitrogen and oxygen atoms in total. The van der Waals surface area contributed by atoms with Gasteiger partial charge in [-0.1, -0.05) is 17.7 Å². The molecule has 1 aromatic rings. The number of carbonyl (C=O) groups excluding carboxylic acids is 1. The van der Waals surface area contributed by atoms with Gasteiger partial charge in [0.25, 0.3) is 0 Å². The van der Waals surface area contributed by atoms with E-state index in [-0.39, 0.29) is 12.4 Å². The van der Waals surface area contributed by atoms with E-state index < -0.39 is 5.60 Å². The van der Waals surface area contributed by atoms with Gasteiger partial charge < -0.3 is 9.47 Å². The Morgan fingerprint density at radius 2 is 2.05 bits per heavy atom. The van der Waals surface area contributed by atoms with Crippen molar-refractivity contribution in [2.45, 2.75) is 51.7 Å². The first-order valence-corrected chi connectivity index (χ1v) is 6.88. The van der Waals surface area contributed by atoms with Crippen LogP contribution in [0.15, 0.2) is 18.2 Å². The molecule has 0 bridgehead atoms. The fourth-order valence-corrected chi connectivity index (χ4v) is 1.91. The van der Waals surface area contributed by atoms with Crippen molar-refractivity contribution < 1.29 is 14.3 Å². The lowest BCUT2D eigenvalue weighted by Crippen LogP contribution is -2.24. The lowest BCUT2D eigenvalue weighted by atomic mass is 10.1. The van der Waals surface area contributed by atoms with Crippen LogP contribution in [0.5, 0.6) is 5.75 Å². The Morgan fingerprint density at radius 1 is 1.37 bits per heavy atom. The quantitative estimate of drug-likeness (QED) is 0.789. The second-order valence-electron chi connectivity index (χ2n) is 5.85. The largest absolute Gasteiger partial charge is 0.489 e. The number of carbonyl (C=O) groups is 1. The van der Waals surface area contributed by atoms with Crippen LogP contribution in [0.4, 0.5) is 0 Å². The van der Waals surface area contributed by atoms with E-state index in [9.17, 15) is 4.79 Å². The van der Waals surface area contributed by atoms with E-state index in [4.69, 9.17) is 21.1 Å². The van der Waals surface area contributed by atoms with Gasteiger partial charge in [-0.25, -0.2) is 0 Å². The van der Waals surface area contributed by atoms with Gasteiger partial charge in [0.1, 0.15) is 11.4 Å². The maximum absolute atomic E-state index is 11.7. The van der Waals surface area contributed by atoms with Crippen LogP contribution in [0.3, 0.4) is 0 Å². The number of halogens is 1. The van der Waals surface area contributed by atoms with E-state index in [1.807, 2.05) is 32.9 Å². The Balaban J connectivity index is 1.97. The molecule has 1 aliphatic carbocycles. The smallest absolute Gasteiger partial charge is 0.310 e. The first kappa shape index (κ1) is 14.2. The molecule has 1 fully saturated rings. The van der Waals surface area contributed by atoms with Crippen molar-refractivity contribution in [3.8, 4) is 5.75 Å². The number of benzene rings is 1. The molecule has 1 aromatic carbocycles. The van der Waals surface area contributed by atoms with Crippen LogP contribution in [0, 0.1) is 0 Å². The summed E-state index contributed by atoms with van der Waals surface area (Å²) in [6.07, 6.45) is 2.72. The van der Waals surface area contributed by atoms with Crippen molar-refractivity contribution in [2.75, 3.05) is 0 Å². The average molecular weight is 283 g/mol. The molecular formula is C15H19ClO3. The van der Waals surface area contributed by atoms with Crippen LogP contribution < -0.4 is 4.74 Å². The molecular weight excluding hydrogens is 264 g/mol. The van der Waals surface area contributed by atoms with Crippen molar-refractivity contribution in [3.05, 3.63) is 28.8 Å². The third-order valence-electron chi connectivity index (χ3n) is 2.58. The molecule has 0 heterocycles. The van der Waals surface area contributed by atoms with E-state index in [0.717, 1.165) is 18.4 Å². The van der Waals surface area contributed by atoms with Crippen molar-refractivity contribution >= 4 is 17.6 Å². The van der Waals surface area contributed by atoms with Crippen molar-refractivity contribution in [3.63, 3.8) is 0 Å². The molecule has 0 atom stereocenters. The summed E-state index contributed by atoms with van der Waals surface area (Å²) < 4.78 is 10.9. The molecule has 4 heteroatoms. The maximum Gasteiger partial charge on any atom is 0.310 e. The predicted molar refractivity (Wildman–Crippen MR) is 74.7 cm³/mol. The second-order valence-corrected chi connectivity index (χ2v) is 6.25. The van der Waals surface area contributed by atoms with Gasteiger partial charge in [-0.2, -0.15) is 0 Å². The van der Waals surface area contributed by atoms with Crippen LogP contribution in [0.2, 0.25) is 5.02 Å². The van der Waals surface area contributed by atoms with Gasteiger partial charge in [0.2, 0.25) is 0 Å². The van der Waals surface area contributed by atoms with Crippen LogP contribution in [-0.2, 0) is 16.0 Å². The van der Waals surface area contributed by atoms with Crippen molar-refractivity contribution in [1.29, 1.82) is 0 Å². The minimum Gasteiger partial charge on any atom is -0.489 e. The summed E-state index contributed by atoms with van der Waals surface area (Å²) in [7, 11) is 0. The molecule has 104 valence electrons. The summed E-state index contributed by atoms with van der Waals surface area (Å²) in [4.78, 5) is 11.7. The van der Waals surface area contributed by atoms with E-state index in [1.54, 1.807) is 6.07 Å². The molecule has 0 N–H and O–H groups in total. The Morgan fingerprint density at radius 3 is 2.58 bits per heavy atom. The van der Waals surface area contributed by atoms with Gasteiger partial charge in [-0.05, 0) is 51.3 Å². The van der Waals surface area contributed by atoms with E-state index in [0.29, 0.717) is 16.9 Å². The van der Waals surface area contributed by atoms with Gasteiger partial charge in [0.15, 0.2) is 0 Å². The zero-order valence-corrected chi connectivity index (χ0v) is 12.3. The van der Waals surface area contributed by atoms with E-state index >= 15 is 0 Å². The van der Waals surface area contributed by atoms with Gasteiger partial charge in [-0.15, -0.1) is 0 Å². The number of rotatable bonds is 4. The normalized spacial score (nSPS) is 15.2. The predicted octanol–water partition coefficient (Wildman–Crippen LogP) is 3.77. The van der Waals surface area contributed by atoms with Crippen molar-refractivity contribution in [1.82, 2.24) is 0 Å². The highest BCUT2D eigenvalue weighted by Crippen LogP contribution is 2.32. The molecule has 0 saturated heterocycles. The molecule has 0 radical (unpaired) electrons. The molecule has 0 amide bonds. The molecule has 0 aromatic heterocycles. The van der Waals surface area contributed by atoms with Gasteiger partial charge in [0, 0.05) is 0 Å². The number of esters is 1. The molecule has 1 saturated carbocycles. The standard InChI is InChI=1S/C15H19ClO3/c1-15(2,3)19-14(17)9-10-4-7-13(12(16)8-10)18-11-5-6-11/h4,7-8,11H,5-6,9H2,1-3H3. The summed E-state index contributed by atoms with van der Waals surface area (Å²) in [6, 6.07) is 5.44. The number of ether oxygens (including phenoxy) is 2. The SMILES string of the molecule is CC(C)(C)OC(=O)Cc1ccc(OC2CC2)c(Cl)c1. The van der Waals surface area contributed by atoms with Gasteiger partial charge in [0.05, 0.1) is 17.5 Å². The number of hydrogen-bond donors (Lipinski definition) is 0. The lowest BCUT2D eigenvalue weighted by molar-refractivity contribution is -0.153. The van der Waals surface area contributed by atoms with Crippen LogP contribution in [0.25, 0.3) is 0 Å². The zero-order chi connectivity index (χ0) is 14.0. The average Bonchev–Trinajstić information content (AvgIpc) is 3.03. The molecule has 0 aliphatic heterocycles. The fourth-order valence-electron chi connectivity index (χ4n) is 1.66. The minimum atomic E-state index is -0.462. The third-order valence-corrected chi connectivity index (χ3v) is 2.88. The Kier molecular flexibility index (Phi) is 4.04. The highest BCUT2D eigenvalue weighted by atomic mass is 35.5. The topological polar surface area (TPSA) is 35.5 Å². The fraction of sp³-hybridized carbons (Fsp3) is 0.533. The van der Waals surface area contributed by atoms with E-state index in [2.05, 4.69) is 0 Å². The third kappa shape index (κ3) is 4.75. The summed E-state index contributed by atoms with van der Waals surface area (Å²) in [5, 5.41) is 0.549. The summed E-state index contributed by atoms with van der Waals surface area (Å²) in [5.41, 5.74) is 0.373. The van der Waals surface area contributed by atoms with Gasteiger partial charge >= 0.3 is 5.97 Å². The monoisotopic (exact) mass is 282 g/mol. The van der Waals surface area contributed by atoms with E-state index in [1.165, 1.54) is 0 Å². The Bertz CT molecular complexity index is 473. The van der Waals surface area contributed by atoms with Crippen molar-refractivity contribution in [2.24, 2.45) is 0 Å². The molecule has 0 unspecified atom stereocenters.